The topological polar surface area (TPSA) is 52.7 Å². The average molecular weight is 331 g/mol. The molecule has 2 rings (SSSR count). The summed E-state index contributed by atoms with van der Waals surface area (Å²) in [6.07, 6.45) is 1.67. The van der Waals surface area contributed by atoms with Crippen molar-refractivity contribution in [2.45, 2.75) is 33.6 Å². The van der Waals surface area contributed by atoms with Crippen LogP contribution in [0.2, 0.25) is 0 Å². The third-order valence-electron chi connectivity index (χ3n) is 4.86. The molecular weight excluding hydrogens is 302 g/mol. The normalized spacial score (nSPS) is 15.6. The Morgan fingerprint density at radius 2 is 1.58 bits per heavy atom. The lowest BCUT2D eigenvalue weighted by Crippen LogP contribution is -2.48. The Bertz CT molecular complexity index is 544. The van der Waals surface area contributed by atoms with Gasteiger partial charge in [0.2, 0.25) is 5.91 Å². The maximum absolute atomic E-state index is 12.5. The summed E-state index contributed by atoms with van der Waals surface area (Å²) >= 11 is 0. The van der Waals surface area contributed by atoms with E-state index in [-0.39, 0.29) is 17.7 Å². The minimum Gasteiger partial charge on any atom is -0.336 e. The van der Waals surface area contributed by atoms with Gasteiger partial charge in [-0.1, -0.05) is 20.8 Å². The predicted octanol–water partition coefficient (Wildman–Crippen LogP) is 2.84. The average Bonchev–Trinajstić information content (AvgIpc) is 2.63. The van der Waals surface area contributed by atoms with E-state index in [1.54, 1.807) is 12.1 Å². The molecule has 0 aromatic heterocycles. The Morgan fingerprint density at radius 1 is 1.00 bits per heavy atom. The number of piperazine rings is 1. The molecule has 0 bridgehead atoms. The van der Waals surface area contributed by atoms with E-state index in [1.807, 2.05) is 30.9 Å². The molecule has 0 unspecified atom stereocenters. The van der Waals surface area contributed by atoms with Gasteiger partial charge in [-0.2, -0.15) is 0 Å². The Labute approximate surface area is 145 Å². The largest absolute Gasteiger partial charge is 0.336 e. The third-order valence-corrected chi connectivity index (χ3v) is 4.86. The molecule has 132 valence electrons. The highest BCUT2D eigenvalue weighted by molar-refractivity contribution is 5.96. The molecule has 2 amide bonds. The maximum atomic E-state index is 12.5. The Kier molecular flexibility index (Phi) is 6.79. The molecule has 24 heavy (non-hydrogen) atoms. The zero-order chi connectivity index (χ0) is 17.5. The molecule has 1 fully saturated rings. The summed E-state index contributed by atoms with van der Waals surface area (Å²) in [5.74, 6) is 0.166. The van der Waals surface area contributed by atoms with Crippen molar-refractivity contribution in [3.05, 3.63) is 29.8 Å². The number of anilines is 1. The number of hydrogen-bond donors (Lipinski definition) is 1. The molecule has 5 heteroatoms. The minimum absolute atomic E-state index is 0.0427. The van der Waals surface area contributed by atoms with Gasteiger partial charge in [0.1, 0.15) is 0 Å². The maximum Gasteiger partial charge on any atom is 0.253 e. The van der Waals surface area contributed by atoms with Crippen molar-refractivity contribution in [3.8, 4) is 0 Å². The number of amides is 2. The fraction of sp³-hybridized carbons (Fsp3) is 0.579. The molecule has 1 aromatic rings. The molecule has 0 radical (unpaired) electrons. The van der Waals surface area contributed by atoms with Gasteiger partial charge in [0, 0.05) is 43.3 Å². The van der Waals surface area contributed by atoms with Crippen LogP contribution in [0.25, 0.3) is 0 Å². The van der Waals surface area contributed by atoms with Crippen LogP contribution in [0.3, 0.4) is 0 Å². The standard InChI is InChI=1S/C19H29N3O2/c1-4-15(5-2)18(23)20-17-9-7-16(8-10-17)19(24)22-13-11-21(6-3)12-14-22/h7-10,15H,4-6,11-14H2,1-3H3,(H,20,23). The van der Waals surface area contributed by atoms with E-state index in [0.717, 1.165) is 51.3 Å². The molecule has 0 spiro atoms. The van der Waals surface area contributed by atoms with Crippen LogP contribution in [0.4, 0.5) is 5.69 Å². The number of hydrogen-bond acceptors (Lipinski definition) is 3. The predicted molar refractivity (Wildman–Crippen MR) is 97.2 cm³/mol. The monoisotopic (exact) mass is 331 g/mol. The number of benzene rings is 1. The van der Waals surface area contributed by atoms with E-state index < -0.39 is 0 Å². The molecule has 0 saturated carbocycles. The fourth-order valence-corrected chi connectivity index (χ4v) is 3.05. The van der Waals surface area contributed by atoms with Crippen LogP contribution >= 0.6 is 0 Å². The first-order valence-corrected chi connectivity index (χ1v) is 9.01. The fourth-order valence-electron chi connectivity index (χ4n) is 3.05. The smallest absolute Gasteiger partial charge is 0.253 e. The lowest BCUT2D eigenvalue weighted by Gasteiger charge is -2.34. The van der Waals surface area contributed by atoms with E-state index in [9.17, 15) is 9.59 Å². The number of carbonyl (C=O) groups is 2. The van der Waals surface area contributed by atoms with Crippen molar-refractivity contribution >= 4 is 17.5 Å². The van der Waals surface area contributed by atoms with Crippen LogP contribution < -0.4 is 5.32 Å². The Morgan fingerprint density at radius 3 is 2.08 bits per heavy atom. The van der Waals surface area contributed by atoms with Crippen molar-refractivity contribution in [1.29, 1.82) is 0 Å². The second-order valence-electron chi connectivity index (χ2n) is 6.31. The molecular formula is C19H29N3O2. The van der Waals surface area contributed by atoms with Crippen LogP contribution in [-0.4, -0.2) is 54.3 Å². The summed E-state index contributed by atoms with van der Waals surface area (Å²) in [6, 6.07) is 7.24. The van der Waals surface area contributed by atoms with Gasteiger partial charge in [0.05, 0.1) is 0 Å². The summed E-state index contributed by atoms with van der Waals surface area (Å²) in [4.78, 5) is 28.9. The van der Waals surface area contributed by atoms with Gasteiger partial charge in [-0.25, -0.2) is 0 Å². The van der Waals surface area contributed by atoms with Crippen LogP contribution in [0.1, 0.15) is 44.0 Å². The first-order chi connectivity index (χ1) is 11.6. The molecule has 1 saturated heterocycles. The van der Waals surface area contributed by atoms with Gasteiger partial charge in [-0.15, -0.1) is 0 Å². The summed E-state index contributed by atoms with van der Waals surface area (Å²) in [5, 5.41) is 2.93. The lowest BCUT2D eigenvalue weighted by atomic mass is 10.0. The van der Waals surface area contributed by atoms with Gasteiger partial charge in [-0.3, -0.25) is 9.59 Å². The van der Waals surface area contributed by atoms with Crippen LogP contribution in [0.5, 0.6) is 0 Å². The van der Waals surface area contributed by atoms with E-state index >= 15 is 0 Å². The SMILES string of the molecule is CCC(CC)C(=O)Nc1ccc(C(=O)N2CCN(CC)CC2)cc1. The van der Waals surface area contributed by atoms with Crippen LogP contribution in [0, 0.1) is 5.92 Å². The third kappa shape index (κ3) is 4.57. The summed E-state index contributed by atoms with van der Waals surface area (Å²) in [5.41, 5.74) is 1.43. The molecule has 1 heterocycles. The van der Waals surface area contributed by atoms with Crippen LogP contribution in [-0.2, 0) is 4.79 Å². The molecule has 0 atom stereocenters. The number of carbonyl (C=O) groups excluding carboxylic acids is 2. The second kappa shape index (κ2) is 8.83. The molecule has 0 aliphatic carbocycles. The van der Waals surface area contributed by atoms with Gasteiger partial charge in [-0.05, 0) is 43.7 Å². The molecule has 1 aliphatic heterocycles. The summed E-state index contributed by atoms with van der Waals surface area (Å²) < 4.78 is 0. The van der Waals surface area contributed by atoms with Crippen molar-refractivity contribution < 1.29 is 9.59 Å². The van der Waals surface area contributed by atoms with Crippen molar-refractivity contribution in [1.82, 2.24) is 9.80 Å². The first-order valence-electron chi connectivity index (χ1n) is 9.01. The molecule has 5 nitrogen and oxygen atoms in total. The minimum atomic E-state index is 0.0427. The van der Waals surface area contributed by atoms with Crippen molar-refractivity contribution in [2.75, 3.05) is 38.0 Å². The van der Waals surface area contributed by atoms with Gasteiger partial charge < -0.3 is 15.1 Å². The number of rotatable bonds is 6. The first kappa shape index (κ1) is 18.5. The van der Waals surface area contributed by atoms with E-state index in [0.29, 0.717) is 5.56 Å². The van der Waals surface area contributed by atoms with Crippen molar-refractivity contribution in [2.24, 2.45) is 5.92 Å². The lowest BCUT2D eigenvalue weighted by molar-refractivity contribution is -0.120. The van der Waals surface area contributed by atoms with Gasteiger partial charge in [0.15, 0.2) is 0 Å². The highest BCUT2D eigenvalue weighted by Gasteiger charge is 2.21. The Balaban J connectivity index is 1.94. The van der Waals surface area contributed by atoms with Gasteiger partial charge >= 0.3 is 0 Å². The zero-order valence-electron chi connectivity index (χ0n) is 15.0. The summed E-state index contributed by atoms with van der Waals surface area (Å²) in [7, 11) is 0. The van der Waals surface area contributed by atoms with Crippen molar-refractivity contribution in [3.63, 3.8) is 0 Å². The molecule has 1 aromatic carbocycles. The van der Waals surface area contributed by atoms with Gasteiger partial charge in [0.25, 0.3) is 5.91 Å². The highest BCUT2D eigenvalue weighted by atomic mass is 16.2. The van der Waals surface area contributed by atoms with E-state index in [1.165, 1.54) is 0 Å². The summed E-state index contributed by atoms with van der Waals surface area (Å²) in [6.45, 7) is 10.7. The molecule has 1 aliphatic rings. The van der Waals surface area contributed by atoms with E-state index in [4.69, 9.17) is 0 Å². The van der Waals surface area contributed by atoms with E-state index in [2.05, 4.69) is 17.1 Å². The highest BCUT2D eigenvalue weighted by Crippen LogP contribution is 2.16. The Hall–Kier alpha value is -1.88. The van der Waals surface area contributed by atoms with Crippen LogP contribution in [0.15, 0.2) is 24.3 Å². The number of nitrogens with one attached hydrogen (secondary N) is 1. The number of likely N-dealkylation sites (N-methyl/N-ethyl adjacent to an activating group) is 1. The zero-order valence-corrected chi connectivity index (χ0v) is 15.0. The second-order valence-corrected chi connectivity index (χ2v) is 6.31. The number of nitrogens with zero attached hydrogens (tertiary/aromatic N) is 2. The quantitative estimate of drug-likeness (QED) is 0.872. The molecule has 1 N–H and O–H groups in total.